The van der Waals surface area contributed by atoms with Gasteiger partial charge in [0.2, 0.25) is 0 Å². The quantitative estimate of drug-likeness (QED) is 0.681. The minimum absolute atomic E-state index is 1.06. The Morgan fingerprint density at radius 3 is 2.50 bits per heavy atom. The Balaban J connectivity index is 2.92. The van der Waals surface area contributed by atoms with Crippen LogP contribution < -0.4 is 4.90 Å². The van der Waals surface area contributed by atoms with Crippen LogP contribution in [0.5, 0.6) is 0 Å². The van der Waals surface area contributed by atoms with Crippen LogP contribution in [0.2, 0.25) is 0 Å². The fourth-order valence-electron chi connectivity index (χ4n) is 1.39. The number of aromatic nitrogens is 1. The number of anilines is 1. The molecule has 0 spiro atoms. The van der Waals surface area contributed by atoms with E-state index in [1.165, 1.54) is 11.3 Å². The zero-order chi connectivity index (χ0) is 8.97. The maximum Gasteiger partial charge on any atom is 0.0426 e. The molecular weight excluding hydrogens is 148 g/mol. The summed E-state index contributed by atoms with van der Waals surface area (Å²) in [7, 11) is 0. The van der Waals surface area contributed by atoms with Crippen molar-refractivity contribution in [1.29, 1.82) is 0 Å². The molecule has 0 saturated carbocycles. The number of hydrogen-bond donors (Lipinski definition) is 0. The Kier molecular flexibility index (Phi) is 3.09. The van der Waals surface area contributed by atoms with Gasteiger partial charge in [-0.3, -0.25) is 4.98 Å². The van der Waals surface area contributed by atoms with Crippen molar-refractivity contribution >= 4 is 5.69 Å². The summed E-state index contributed by atoms with van der Waals surface area (Å²) < 4.78 is 0. The van der Waals surface area contributed by atoms with Crippen LogP contribution in [0.15, 0.2) is 18.5 Å². The number of pyridine rings is 1. The molecule has 0 aromatic carbocycles. The molecule has 0 radical (unpaired) electrons. The van der Waals surface area contributed by atoms with E-state index < -0.39 is 0 Å². The second-order valence-corrected chi connectivity index (χ2v) is 2.83. The molecule has 0 fully saturated rings. The summed E-state index contributed by atoms with van der Waals surface area (Å²) in [6, 6.07) is 2.07. The number of rotatable bonds is 3. The standard InChI is InChI=1S/C10H16N2/c1-4-12(5-2)10-6-7-11-8-9(10)3/h6-8H,4-5H2,1-3H3. The number of aryl methyl sites for hydroxylation is 1. The third-order valence-corrected chi connectivity index (χ3v) is 2.09. The first kappa shape index (κ1) is 9.04. The summed E-state index contributed by atoms with van der Waals surface area (Å²) in [5, 5.41) is 0. The molecular formula is C10H16N2. The maximum atomic E-state index is 4.07. The number of hydrogen-bond acceptors (Lipinski definition) is 2. The van der Waals surface area contributed by atoms with E-state index in [4.69, 9.17) is 0 Å². The van der Waals surface area contributed by atoms with Crippen LogP contribution in [-0.4, -0.2) is 18.1 Å². The van der Waals surface area contributed by atoms with E-state index in [0.717, 1.165) is 13.1 Å². The summed E-state index contributed by atoms with van der Waals surface area (Å²) in [6.45, 7) is 8.55. The average Bonchev–Trinajstić information content (AvgIpc) is 2.10. The van der Waals surface area contributed by atoms with Gasteiger partial charge in [-0.05, 0) is 32.4 Å². The van der Waals surface area contributed by atoms with Gasteiger partial charge in [-0.2, -0.15) is 0 Å². The lowest BCUT2D eigenvalue weighted by molar-refractivity contribution is 0.859. The first-order valence-corrected chi connectivity index (χ1v) is 4.45. The van der Waals surface area contributed by atoms with E-state index in [9.17, 15) is 0 Å². The highest BCUT2D eigenvalue weighted by molar-refractivity contribution is 5.51. The van der Waals surface area contributed by atoms with Crippen LogP contribution >= 0.6 is 0 Å². The Bertz CT molecular complexity index is 241. The van der Waals surface area contributed by atoms with Crippen LogP contribution in [0.25, 0.3) is 0 Å². The molecule has 66 valence electrons. The van der Waals surface area contributed by atoms with E-state index in [1.807, 2.05) is 12.4 Å². The molecule has 0 unspecified atom stereocenters. The van der Waals surface area contributed by atoms with Crippen LogP contribution in [0, 0.1) is 6.92 Å². The smallest absolute Gasteiger partial charge is 0.0426 e. The Labute approximate surface area is 74.2 Å². The van der Waals surface area contributed by atoms with Crippen molar-refractivity contribution in [3.63, 3.8) is 0 Å². The SMILES string of the molecule is CCN(CC)c1ccncc1C. The Morgan fingerprint density at radius 1 is 1.33 bits per heavy atom. The van der Waals surface area contributed by atoms with Crippen molar-refractivity contribution in [2.75, 3.05) is 18.0 Å². The Hall–Kier alpha value is -1.05. The van der Waals surface area contributed by atoms with Gasteiger partial charge < -0.3 is 4.90 Å². The summed E-state index contributed by atoms with van der Waals surface area (Å²) in [5.41, 5.74) is 2.55. The monoisotopic (exact) mass is 164 g/mol. The van der Waals surface area contributed by atoms with Gasteiger partial charge in [0.25, 0.3) is 0 Å². The molecule has 0 saturated heterocycles. The second-order valence-electron chi connectivity index (χ2n) is 2.83. The normalized spacial score (nSPS) is 9.92. The molecule has 0 aliphatic heterocycles. The molecule has 0 atom stereocenters. The van der Waals surface area contributed by atoms with Gasteiger partial charge in [0.15, 0.2) is 0 Å². The minimum atomic E-state index is 1.06. The Morgan fingerprint density at radius 2 is 2.00 bits per heavy atom. The van der Waals surface area contributed by atoms with Gasteiger partial charge in [-0.15, -0.1) is 0 Å². The molecule has 0 amide bonds. The largest absolute Gasteiger partial charge is 0.372 e. The molecule has 0 bridgehead atoms. The first-order chi connectivity index (χ1) is 5.79. The lowest BCUT2D eigenvalue weighted by Gasteiger charge is -2.22. The molecule has 2 heteroatoms. The van der Waals surface area contributed by atoms with Crippen molar-refractivity contribution in [2.24, 2.45) is 0 Å². The molecule has 12 heavy (non-hydrogen) atoms. The molecule has 0 aliphatic carbocycles. The first-order valence-electron chi connectivity index (χ1n) is 4.45. The summed E-state index contributed by atoms with van der Waals surface area (Å²) in [6.07, 6.45) is 3.76. The van der Waals surface area contributed by atoms with E-state index >= 15 is 0 Å². The average molecular weight is 164 g/mol. The van der Waals surface area contributed by atoms with Crippen molar-refractivity contribution in [1.82, 2.24) is 4.98 Å². The van der Waals surface area contributed by atoms with Gasteiger partial charge in [-0.25, -0.2) is 0 Å². The van der Waals surface area contributed by atoms with Gasteiger partial charge >= 0.3 is 0 Å². The third kappa shape index (κ3) is 1.76. The second kappa shape index (κ2) is 4.10. The summed E-state index contributed by atoms with van der Waals surface area (Å²) >= 11 is 0. The summed E-state index contributed by atoms with van der Waals surface area (Å²) in [5.74, 6) is 0. The number of nitrogens with zero attached hydrogens (tertiary/aromatic N) is 2. The lowest BCUT2D eigenvalue weighted by Crippen LogP contribution is -2.22. The van der Waals surface area contributed by atoms with Crippen molar-refractivity contribution in [3.05, 3.63) is 24.0 Å². The van der Waals surface area contributed by atoms with Crippen molar-refractivity contribution in [2.45, 2.75) is 20.8 Å². The van der Waals surface area contributed by atoms with E-state index in [0.29, 0.717) is 0 Å². The van der Waals surface area contributed by atoms with Crippen LogP contribution in [0.1, 0.15) is 19.4 Å². The summed E-state index contributed by atoms with van der Waals surface area (Å²) in [4.78, 5) is 6.40. The predicted molar refractivity (Wildman–Crippen MR) is 52.5 cm³/mol. The molecule has 1 heterocycles. The zero-order valence-corrected chi connectivity index (χ0v) is 8.04. The van der Waals surface area contributed by atoms with Crippen molar-refractivity contribution in [3.8, 4) is 0 Å². The highest BCUT2D eigenvalue weighted by Gasteiger charge is 2.03. The van der Waals surface area contributed by atoms with Gasteiger partial charge in [0.1, 0.15) is 0 Å². The molecule has 1 aromatic rings. The predicted octanol–water partition coefficient (Wildman–Crippen LogP) is 2.24. The van der Waals surface area contributed by atoms with Crippen LogP contribution in [-0.2, 0) is 0 Å². The zero-order valence-electron chi connectivity index (χ0n) is 8.04. The molecule has 1 aromatic heterocycles. The van der Waals surface area contributed by atoms with Crippen LogP contribution in [0.4, 0.5) is 5.69 Å². The molecule has 2 nitrogen and oxygen atoms in total. The van der Waals surface area contributed by atoms with Gasteiger partial charge in [-0.1, -0.05) is 0 Å². The maximum absolute atomic E-state index is 4.07. The highest BCUT2D eigenvalue weighted by atomic mass is 15.1. The molecule has 0 N–H and O–H groups in total. The minimum Gasteiger partial charge on any atom is -0.372 e. The molecule has 1 rings (SSSR count). The lowest BCUT2D eigenvalue weighted by atomic mass is 10.2. The van der Waals surface area contributed by atoms with E-state index in [1.54, 1.807) is 0 Å². The van der Waals surface area contributed by atoms with Crippen molar-refractivity contribution < 1.29 is 0 Å². The van der Waals surface area contributed by atoms with Crippen LogP contribution in [0.3, 0.4) is 0 Å². The van der Waals surface area contributed by atoms with Gasteiger partial charge in [0, 0.05) is 31.2 Å². The fourth-order valence-corrected chi connectivity index (χ4v) is 1.39. The fraction of sp³-hybridized carbons (Fsp3) is 0.500. The third-order valence-electron chi connectivity index (χ3n) is 2.09. The van der Waals surface area contributed by atoms with Gasteiger partial charge in [0.05, 0.1) is 0 Å². The van der Waals surface area contributed by atoms with E-state index in [-0.39, 0.29) is 0 Å². The molecule has 0 aliphatic rings. The topological polar surface area (TPSA) is 16.1 Å². The highest BCUT2D eigenvalue weighted by Crippen LogP contribution is 2.16. The van der Waals surface area contributed by atoms with E-state index in [2.05, 4.69) is 36.7 Å².